The van der Waals surface area contributed by atoms with Crippen LogP contribution in [0.4, 0.5) is 17.6 Å². The Morgan fingerprint density at radius 1 is 1.29 bits per heavy atom. The number of aliphatic hydroxyl groups excluding tert-OH is 1. The van der Waals surface area contributed by atoms with Gasteiger partial charge in [0, 0.05) is 19.1 Å². The van der Waals surface area contributed by atoms with Crippen LogP contribution in [0.2, 0.25) is 0 Å². The lowest BCUT2D eigenvalue weighted by Crippen LogP contribution is -2.37. The first kappa shape index (κ1) is 17.9. The maximum Gasteiger partial charge on any atom is 0.401 e. The molecule has 0 fully saturated rings. The van der Waals surface area contributed by atoms with Crippen LogP contribution in [0.3, 0.4) is 0 Å². The van der Waals surface area contributed by atoms with Gasteiger partial charge in [0.2, 0.25) is 0 Å². The number of hydrogen-bond acceptors (Lipinski definition) is 3. The number of nitrogens with zero attached hydrogens (tertiary/aromatic N) is 1. The third kappa shape index (κ3) is 6.41. The van der Waals surface area contributed by atoms with E-state index >= 15 is 0 Å². The Morgan fingerprint density at radius 3 is 2.48 bits per heavy atom. The highest BCUT2D eigenvalue weighted by molar-refractivity contribution is 5.25. The first-order chi connectivity index (χ1) is 9.73. The van der Waals surface area contributed by atoms with Gasteiger partial charge in [0.05, 0.1) is 13.2 Å². The molecule has 0 saturated carbocycles. The van der Waals surface area contributed by atoms with Crippen molar-refractivity contribution in [1.29, 1.82) is 0 Å². The molecule has 1 aromatic rings. The molecule has 0 bridgehead atoms. The van der Waals surface area contributed by atoms with Gasteiger partial charge in [-0.2, -0.15) is 13.2 Å². The number of benzene rings is 1. The van der Waals surface area contributed by atoms with E-state index in [2.05, 4.69) is 0 Å². The van der Waals surface area contributed by atoms with Gasteiger partial charge in [0.1, 0.15) is 5.82 Å². The van der Waals surface area contributed by atoms with E-state index in [1.165, 1.54) is 6.07 Å². The van der Waals surface area contributed by atoms with Crippen molar-refractivity contribution >= 4 is 0 Å². The van der Waals surface area contributed by atoms with E-state index in [-0.39, 0.29) is 31.9 Å². The number of rotatable bonds is 7. The van der Waals surface area contributed by atoms with E-state index in [4.69, 9.17) is 10.8 Å². The number of nitrogens with two attached hydrogens (primary N) is 1. The molecule has 21 heavy (non-hydrogen) atoms. The molecule has 3 nitrogen and oxygen atoms in total. The van der Waals surface area contributed by atoms with Crippen LogP contribution in [-0.4, -0.2) is 42.4 Å². The molecule has 0 amide bonds. The molecule has 0 heterocycles. The van der Waals surface area contributed by atoms with Crippen molar-refractivity contribution in [2.75, 3.05) is 26.2 Å². The van der Waals surface area contributed by atoms with Gasteiger partial charge in [0.15, 0.2) is 0 Å². The summed E-state index contributed by atoms with van der Waals surface area (Å²) in [6.07, 6.45) is -4.08. The standard InChI is InChI=1S/C14H20F4N2O/c1-10-2-3-11(8-12(10)15)13(19)4-5-20(6-7-21)9-14(16,17)18/h2-3,8,13,21H,4-7,9,19H2,1H3. The van der Waals surface area contributed by atoms with Crippen LogP contribution in [0.25, 0.3) is 0 Å². The normalized spacial score (nSPS) is 13.7. The molecular formula is C14H20F4N2O. The lowest BCUT2D eigenvalue weighted by Gasteiger charge is -2.24. The summed E-state index contributed by atoms with van der Waals surface area (Å²) in [5, 5.41) is 8.79. The van der Waals surface area contributed by atoms with Crippen molar-refractivity contribution in [3.63, 3.8) is 0 Å². The van der Waals surface area contributed by atoms with Gasteiger partial charge in [-0.3, -0.25) is 4.90 Å². The molecule has 1 unspecified atom stereocenters. The average molecular weight is 308 g/mol. The molecule has 0 aliphatic rings. The van der Waals surface area contributed by atoms with Gasteiger partial charge in [0.25, 0.3) is 0 Å². The molecular weight excluding hydrogens is 288 g/mol. The van der Waals surface area contributed by atoms with E-state index in [0.29, 0.717) is 11.1 Å². The van der Waals surface area contributed by atoms with Gasteiger partial charge in [-0.1, -0.05) is 12.1 Å². The zero-order chi connectivity index (χ0) is 16.0. The Morgan fingerprint density at radius 2 is 1.95 bits per heavy atom. The van der Waals surface area contributed by atoms with Crippen LogP contribution < -0.4 is 5.73 Å². The molecule has 0 aliphatic heterocycles. The summed E-state index contributed by atoms with van der Waals surface area (Å²) in [7, 11) is 0. The molecule has 0 aromatic heterocycles. The molecule has 0 spiro atoms. The van der Waals surface area contributed by atoms with Gasteiger partial charge >= 0.3 is 6.18 Å². The van der Waals surface area contributed by atoms with Crippen molar-refractivity contribution in [3.8, 4) is 0 Å². The number of aryl methyl sites for hydroxylation is 1. The summed E-state index contributed by atoms with van der Waals surface area (Å²) >= 11 is 0. The number of aliphatic hydroxyl groups is 1. The predicted octanol–water partition coefficient (Wildman–Crippen LogP) is 2.38. The fourth-order valence-corrected chi connectivity index (χ4v) is 1.99. The van der Waals surface area contributed by atoms with Crippen LogP contribution in [-0.2, 0) is 0 Å². The van der Waals surface area contributed by atoms with E-state index < -0.39 is 18.8 Å². The van der Waals surface area contributed by atoms with Crippen molar-refractivity contribution < 1.29 is 22.7 Å². The predicted molar refractivity (Wildman–Crippen MR) is 72.3 cm³/mol. The van der Waals surface area contributed by atoms with E-state index in [1.807, 2.05) is 0 Å². The molecule has 3 N–H and O–H groups in total. The molecule has 0 saturated heterocycles. The van der Waals surface area contributed by atoms with Crippen molar-refractivity contribution in [2.24, 2.45) is 5.73 Å². The first-order valence-corrected chi connectivity index (χ1v) is 6.64. The topological polar surface area (TPSA) is 49.5 Å². The van der Waals surface area contributed by atoms with Gasteiger partial charge in [-0.25, -0.2) is 4.39 Å². The highest BCUT2D eigenvalue weighted by Crippen LogP contribution is 2.20. The monoisotopic (exact) mass is 308 g/mol. The summed E-state index contributed by atoms with van der Waals surface area (Å²) in [5.74, 6) is -0.384. The summed E-state index contributed by atoms with van der Waals surface area (Å²) in [5.41, 5.74) is 6.93. The lowest BCUT2D eigenvalue weighted by atomic mass is 10.0. The Bertz CT molecular complexity index is 451. The number of halogens is 4. The Kier molecular flexibility index (Phi) is 6.57. The average Bonchev–Trinajstić information content (AvgIpc) is 2.37. The minimum atomic E-state index is -4.32. The van der Waals surface area contributed by atoms with E-state index in [1.54, 1.807) is 19.1 Å². The van der Waals surface area contributed by atoms with Gasteiger partial charge in [-0.05, 0) is 30.5 Å². The summed E-state index contributed by atoms with van der Waals surface area (Å²) in [6, 6.07) is 4.02. The largest absolute Gasteiger partial charge is 0.401 e. The fraction of sp³-hybridized carbons (Fsp3) is 0.571. The Balaban J connectivity index is 2.59. The zero-order valence-electron chi connectivity index (χ0n) is 11.8. The third-order valence-electron chi connectivity index (χ3n) is 3.20. The highest BCUT2D eigenvalue weighted by Gasteiger charge is 2.30. The molecule has 0 aliphatic carbocycles. The first-order valence-electron chi connectivity index (χ1n) is 6.64. The molecule has 1 rings (SSSR count). The quantitative estimate of drug-likeness (QED) is 0.760. The van der Waals surface area contributed by atoms with Crippen LogP contribution in [0.5, 0.6) is 0 Å². The minimum absolute atomic E-state index is 0.0749. The Hall–Kier alpha value is -1.18. The molecule has 120 valence electrons. The maximum absolute atomic E-state index is 13.4. The minimum Gasteiger partial charge on any atom is -0.395 e. The third-order valence-corrected chi connectivity index (χ3v) is 3.20. The van der Waals surface area contributed by atoms with Gasteiger partial charge < -0.3 is 10.8 Å². The van der Waals surface area contributed by atoms with E-state index in [0.717, 1.165) is 4.90 Å². The second-order valence-electron chi connectivity index (χ2n) is 5.02. The second-order valence-corrected chi connectivity index (χ2v) is 5.02. The SMILES string of the molecule is Cc1ccc(C(N)CCN(CCO)CC(F)(F)F)cc1F. The summed E-state index contributed by atoms with van der Waals surface area (Å²) < 4.78 is 50.5. The zero-order valence-corrected chi connectivity index (χ0v) is 11.8. The summed E-state index contributed by atoms with van der Waals surface area (Å²) in [4.78, 5) is 1.09. The fourth-order valence-electron chi connectivity index (χ4n) is 1.99. The van der Waals surface area contributed by atoms with E-state index in [9.17, 15) is 17.6 Å². The highest BCUT2D eigenvalue weighted by atomic mass is 19.4. The van der Waals surface area contributed by atoms with Crippen LogP contribution in [0, 0.1) is 12.7 Å². The Labute approximate surface area is 121 Å². The number of hydrogen-bond donors (Lipinski definition) is 2. The van der Waals surface area contributed by atoms with Crippen molar-refractivity contribution in [3.05, 3.63) is 35.1 Å². The van der Waals surface area contributed by atoms with Crippen LogP contribution in [0.15, 0.2) is 18.2 Å². The number of alkyl halides is 3. The molecule has 1 aromatic carbocycles. The molecule has 1 atom stereocenters. The van der Waals surface area contributed by atoms with Crippen molar-refractivity contribution in [1.82, 2.24) is 4.90 Å². The second kappa shape index (κ2) is 7.72. The smallest absolute Gasteiger partial charge is 0.395 e. The molecule has 0 radical (unpaired) electrons. The lowest BCUT2D eigenvalue weighted by molar-refractivity contribution is -0.146. The van der Waals surface area contributed by atoms with Gasteiger partial charge in [-0.15, -0.1) is 0 Å². The van der Waals surface area contributed by atoms with Crippen LogP contribution >= 0.6 is 0 Å². The van der Waals surface area contributed by atoms with Crippen LogP contribution in [0.1, 0.15) is 23.6 Å². The molecule has 7 heteroatoms. The maximum atomic E-state index is 13.4. The summed E-state index contributed by atoms with van der Waals surface area (Å²) in [6.45, 7) is 0.176. The van der Waals surface area contributed by atoms with Crippen molar-refractivity contribution in [2.45, 2.75) is 25.6 Å².